The monoisotopic (exact) mass is 354 g/mol. The maximum Gasteiger partial charge on any atom is 0.230 e. The SMILES string of the molecule is Cc1noc(C)c1Cn1cc(NC(=O)C23CC4CC(CC(C4)C2)C3)cn1. The van der Waals surface area contributed by atoms with Crippen molar-refractivity contribution in [2.24, 2.45) is 23.2 Å². The van der Waals surface area contributed by atoms with Crippen molar-refractivity contribution in [2.45, 2.75) is 58.9 Å². The van der Waals surface area contributed by atoms with Crippen LogP contribution in [0.1, 0.15) is 55.5 Å². The Labute approximate surface area is 153 Å². The molecule has 2 aromatic heterocycles. The molecule has 138 valence electrons. The van der Waals surface area contributed by atoms with Crippen LogP contribution in [0.15, 0.2) is 16.9 Å². The highest BCUT2D eigenvalue weighted by Gasteiger charge is 2.54. The van der Waals surface area contributed by atoms with Crippen molar-refractivity contribution in [1.82, 2.24) is 14.9 Å². The largest absolute Gasteiger partial charge is 0.361 e. The lowest BCUT2D eigenvalue weighted by Gasteiger charge is -2.55. The van der Waals surface area contributed by atoms with Gasteiger partial charge in [-0.25, -0.2) is 0 Å². The smallest absolute Gasteiger partial charge is 0.230 e. The molecule has 0 saturated heterocycles. The summed E-state index contributed by atoms with van der Waals surface area (Å²) in [5.74, 6) is 3.35. The third-order valence-corrected chi connectivity index (χ3v) is 6.91. The van der Waals surface area contributed by atoms with Crippen LogP contribution < -0.4 is 5.32 Å². The van der Waals surface area contributed by atoms with Crippen LogP contribution >= 0.6 is 0 Å². The van der Waals surface area contributed by atoms with Crippen molar-refractivity contribution in [3.8, 4) is 0 Å². The molecule has 4 bridgehead atoms. The highest BCUT2D eigenvalue weighted by molar-refractivity contribution is 5.95. The van der Waals surface area contributed by atoms with Gasteiger partial charge in [0.1, 0.15) is 5.76 Å². The second-order valence-corrected chi connectivity index (χ2v) is 8.88. The van der Waals surface area contributed by atoms with Crippen molar-refractivity contribution in [3.63, 3.8) is 0 Å². The molecule has 0 aromatic carbocycles. The number of aryl methyl sites for hydroxylation is 2. The number of aromatic nitrogens is 3. The Morgan fingerprint density at radius 1 is 1.23 bits per heavy atom. The summed E-state index contributed by atoms with van der Waals surface area (Å²) in [6.45, 7) is 4.45. The predicted molar refractivity (Wildman–Crippen MR) is 96.5 cm³/mol. The number of carbonyl (C=O) groups is 1. The maximum absolute atomic E-state index is 13.1. The zero-order valence-electron chi connectivity index (χ0n) is 15.5. The van der Waals surface area contributed by atoms with E-state index in [1.54, 1.807) is 6.20 Å². The molecule has 2 aromatic rings. The summed E-state index contributed by atoms with van der Waals surface area (Å²) >= 11 is 0. The molecule has 1 amide bonds. The molecule has 4 fully saturated rings. The van der Waals surface area contributed by atoms with Gasteiger partial charge in [-0.2, -0.15) is 5.10 Å². The fraction of sp³-hybridized carbons (Fsp3) is 0.650. The number of anilines is 1. The molecule has 0 unspecified atom stereocenters. The zero-order valence-corrected chi connectivity index (χ0v) is 15.5. The Balaban J connectivity index is 1.30. The molecule has 0 radical (unpaired) electrons. The minimum absolute atomic E-state index is 0.126. The summed E-state index contributed by atoms with van der Waals surface area (Å²) in [6, 6.07) is 0. The Kier molecular flexibility index (Phi) is 3.52. The number of nitrogens with one attached hydrogen (secondary N) is 1. The highest BCUT2D eigenvalue weighted by Crippen LogP contribution is 2.60. The number of nitrogens with zero attached hydrogens (tertiary/aromatic N) is 3. The van der Waals surface area contributed by atoms with Gasteiger partial charge in [-0.1, -0.05) is 5.16 Å². The van der Waals surface area contributed by atoms with Crippen LogP contribution in [0.5, 0.6) is 0 Å². The molecule has 26 heavy (non-hydrogen) atoms. The van der Waals surface area contributed by atoms with Crippen molar-refractivity contribution in [3.05, 3.63) is 29.4 Å². The third-order valence-electron chi connectivity index (χ3n) is 6.91. The van der Waals surface area contributed by atoms with Gasteiger partial charge in [0.15, 0.2) is 0 Å². The van der Waals surface area contributed by atoms with Gasteiger partial charge >= 0.3 is 0 Å². The van der Waals surface area contributed by atoms with Crippen molar-refractivity contribution in [1.29, 1.82) is 0 Å². The molecule has 0 atom stereocenters. The summed E-state index contributed by atoms with van der Waals surface area (Å²) < 4.78 is 7.05. The van der Waals surface area contributed by atoms with Gasteiger partial charge in [0.2, 0.25) is 5.91 Å². The van der Waals surface area contributed by atoms with Gasteiger partial charge in [0, 0.05) is 11.8 Å². The fourth-order valence-electron chi connectivity index (χ4n) is 6.06. The van der Waals surface area contributed by atoms with E-state index in [1.807, 2.05) is 24.7 Å². The van der Waals surface area contributed by atoms with Gasteiger partial charge < -0.3 is 9.84 Å². The van der Waals surface area contributed by atoms with E-state index in [-0.39, 0.29) is 11.3 Å². The number of rotatable bonds is 4. The average Bonchev–Trinajstić information content (AvgIpc) is 3.15. The first kappa shape index (κ1) is 16.1. The van der Waals surface area contributed by atoms with Crippen LogP contribution in [0.4, 0.5) is 5.69 Å². The fourth-order valence-corrected chi connectivity index (χ4v) is 6.06. The van der Waals surface area contributed by atoms with Crippen LogP contribution in [0.25, 0.3) is 0 Å². The topological polar surface area (TPSA) is 73.0 Å². The van der Waals surface area contributed by atoms with Crippen LogP contribution in [0, 0.1) is 37.0 Å². The predicted octanol–water partition coefficient (Wildman–Crippen LogP) is 3.69. The minimum atomic E-state index is -0.126. The molecule has 4 aliphatic carbocycles. The van der Waals surface area contributed by atoms with Crippen LogP contribution in [-0.4, -0.2) is 20.8 Å². The lowest BCUT2D eigenvalue weighted by Crippen LogP contribution is -2.51. The van der Waals surface area contributed by atoms with Crippen LogP contribution in [0.3, 0.4) is 0 Å². The molecule has 4 saturated carbocycles. The Bertz CT molecular complexity index is 795. The molecule has 6 rings (SSSR count). The molecule has 4 aliphatic rings. The first-order chi connectivity index (χ1) is 12.5. The number of carbonyl (C=O) groups excluding carboxylic acids is 1. The van der Waals surface area contributed by atoms with Gasteiger partial charge in [-0.15, -0.1) is 0 Å². The summed E-state index contributed by atoms with van der Waals surface area (Å²) in [5, 5.41) is 11.6. The van der Waals surface area contributed by atoms with E-state index in [4.69, 9.17) is 4.52 Å². The van der Waals surface area contributed by atoms with Crippen LogP contribution in [-0.2, 0) is 11.3 Å². The minimum Gasteiger partial charge on any atom is -0.361 e. The maximum atomic E-state index is 13.1. The van der Waals surface area contributed by atoms with E-state index >= 15 is 0 Å². The zero-order chi connectivity index (χ0) is 17.9. The second kappa shape index (κ2) is 5.69. The molecule has 2 heterocycles. The molecule has 1 N–H and O–H groups in total. The standard InChI is InChI=1S/C20H26N4O2/c1-12-18(13(2)26-23-12)11-24-10-17(9-21-24)22-19(25)20-6-14-3-15(7-20)5-16(4-14)8-20/h9-10,14-16H,3-8,11H2,1-2H3,(H,22,25). The summed E-state index contributed by atoms with van der Waals surface area (Å²) in [6.07, 6.45) is 10.9. The highest BCUT2D eigenvalue weighted by atomic mass is 16.5. The van der Waals surface area contributed by atoms with Crippen molar-refractivity contribution in [2.75, 3.05) is 5.32 Å². The normalized spacial score (nSPS) is 32.2. The molecule has 6 heteroatoms. The van der Waals surface area contributed by atoms with Gasteiger partial charge in [-0.3, -0.25) is 9.48 Å². The van der Waals surface area contributed by atoms with E-state index in [0.717, 1.165) is 59.7 Å². The summed E-state index contributed by atoms with van der Waals surface area (Å²) in [4.78, 5) is 13.1. The summed E-state index contributed by atoms with van der Waals surface area (Å²) in [7, 11) is 0. The van der Waals surface area contributed by atoms with E-state index in [9.17, 15) is 4.79 Å². The number of amides is 1. The first-order valence-electron chi connectivity index (χ1n) is 9.76. The Morgan fingerprint density at radius 3 is 2.46 bits per heavy atom. The van der Waals surface area contributed by atoms with Crippen LogP contribution in [0.2, 0.25) is 0 Å². The lowest BCUT2D eigenvalue weighted by atomic mass is 9.49. The van der Waals surface area contributed by atoms with Crippen molar-refractivity contribution < 1.29 is 9.32 Å². The third kappa shape index (κ3) is 2.58. The Hall–Kier alpha value is -2.11. The van der Waals surface area contributed by atoms with E-state index in [1.165, 1.54) is 19.3 Å². The Morgan fingerprint density at radius 2 is 1.88 bits per heavy atom. The van der Waals surface area contributed by atoms with Gasteiger partial charge in [-0.05, 0) is 70.1 Å². The molecule has 0 spiro atoms. The quantitative estimate of drug-likeness (QED) is 0.909. The first-order valence-corrected chi connectivity index (χ1v) is 9.76. The lowest BCUT2D eigenvalue weighted by molar-refractivity contribution is -0.140. The summed E-state index contributed by atoms with van der Waals surface area (Å²) in [5.41, 5.74) is 2.60. The second-order valence-electron chi connectivity index (χ2n) is 8.88. The molecular formula is C20H26N4O2. The van der Waals surface area contributed by atoms with E-state index in [2.05, 4.69) is 15.6 Å². The molecular weight excluding hydrogens is 328 g/mol. The van der Waals surface area contributed by atoms with Crippen molar-refractivity contribution >= 4 is 11.6 Å². The van der Waals surface area contributed by atoms with E-state index < -0.39 is 0 Å². The average molecular weight is 354 g/mol. The number of hydrogen-bond acceptors (Lipinski definition) is 4. The number of hydrogen-bond donors (Lipinski definition) is 1. The van der Waals surface area contributed by atoms with E-state index in [0.29, 0.717) is 6.54 Å². The molecule has 0 aliphatic heterocycles. The van der Waals surface area contributed by atoms with Gasteiger partial charge in [0.05, 0.1) is 29.5 Å². The molecule has 6 nitrogen and oxygen atoms in total. The van der Waals surface area contributed by atoms with Gasteiger partial charge in [0.25, 0.3) is 0 Å².